The van der Waals surface area contributed by atoms with E-state index < -0.39 is 0 Å². The summed E-state index contributed by atoms with van der Waals surface area (Å²) in [4.78, 5) is 23.7. The fraction of sp³-hybridized carbons (Fsp3) is 0.263. The summed E-state index contributed by atoms with van der Waals surface area (Å²) in [5.41, 5.74) is 3.68. The molecule has 1 aliphatic heterocycles. The van der Waals surface area contributed by atoms with E-state index in [2.05, 4.69) is 10.6 Å². The molecule has 1 heterocycles. The number of carbonyl (C=O) groups is 2. The Morgan fingerprint density at radius 3 is 2.88 bits per heavy atom. The lowest BCUT2D eigenvalue weighted by Crippen LogP contribution is -2.29. The topological polar surface area (TPSA) is 67.4 Å². The molecule has 0 bridgehead atoms. The molecule has 2 amide bonds. The summed E-state index contributed by atoms with van der Waals surface area (Å²) in [6.07, 6.45) is 0.349. The molecule has 0 aliphatic carbocycles. The summed E-state index contributed by atoms with van der Waals surface area (Å²) in [6.45, 7) is 3.95. The van der Waals surface area contributed by atoms with Crippen LogP contribution in [0.25, 0.3) is 0 Å². The predicted molar refractivity (Wildman–Crippen MR) is 92.0 cm³/mol. The van der Waals surface area contributed by atoms with E-state index in [1.807, 2.05) is 56.3 Å². The van der Waals surface area contributed by atoms with Crippen LogP contribution in [0.4, 0.5) is 5.69 Å². The van der Waals surface area contributed by atoms with Crippen LogP contribution in [0.15, 0.2) is 42.5 Å². The molecule has 2 aromatic rings. The minimum Gasteiger partial charge on any atom is -0.482 e. The molecule has 0 radical (unpaired) electrons. The van der Waals surface area contributed by atoms with Gasteiger partial charge in [-0.15, -0.1) is 0 Å². The summed E-state index contributed by atoms with van der Waals surface area (Å²) >= 11 is 0. The Morgan fingerprint density at radius 1 is 1.29 bits per heavy atom. The zero-order valence-electron chi connectivity index (χ0n) is 13.8. The molecule has 0 fully saturated rings. The van der Waals surface area contributed by atoms with Crippen molar-refractivity contribution >= 4 is 17.5 Å². The van der Waals surface area contributed by atoms with Crippen molar-refractivity contribution in [3.05, 3.63) is 59.2 Å². The van der Waals surface area contributed by atoms with E-state index in [1.54, 1.807) is 0 Å². The number of hydrogen-bond donors (Lipinski definition) is 2. The predicted octanol–water partition coefficient (Wildman–Crippen LogP) is 2.75. The molecule has 2 N–H and O–H groups in total. The second-order valence-electron chi connectivity index (χ2n) is 5.98. The first-order valence-corrected chi connectivity index (χ1v) is 7.93. The molecule has 5 nitrogen and oxygen atoms in total. The van der Waals surface area contributed by atoms with E-state index in [1.165, 1.54) is 0 Å². The fourth-order valence-electron chi connectivity index (χ4n) is 2.73. The van der Waals surface area contributed by atoms with Crippen molar-refractivity contribution in [1.29, 1.82) is 0 Å². The number of amides is 2. The largest absolute Gasteiger partial charge is 0.482 e. The summed E-state index contributed by atoms with van der Waals surface area (Å²) in [5.74, 6) is 0.447. The summed E-state index contributed by atoms with van der Waals surface area (Å²) in [6, 6.07) is 13.2. The monoisotopic (exact) mass is 324 g/mol. The van der Waals surface area contributed by atoms with Crippen LogP contribution < -0.4 is 15.4 Å². The van der Waals surface area contributed by atoms with Crippen LogP contribution in [0, 0.1) is 6.92 Å². The Kier molecular flexibility index (Phi) is 4.51. The Bertz CT molecular complexity index is 786. The van der Waals surface area contributed by atoms with E-state index in [4.69, 9.17) is 4.74 Å². The van der Waals surface area contributed by atoms with Crippen molar-refractivity contribution < 1.29 is 14.3 Å². The molecular weight excluding hydrogens is 304 g/mol. The molecule has 0 aromatic heterocycles. The van der Waals surface area contributed by atoms with Gasteiger partial charge in [0.1, 0.15) is 5.75 Å². The van der Waals surface area contributed by atoms with Gasteiger partial charge in [-0.3, -0.25) is 9.59 Å². The Labute approximate surface area is 141 Å². The average molecular weight is 324 g/mol. The minimum absolute atomic E-state index is 0.0326. The lowest BCUT2D eigenvalue weighted by Gasteiger charge is -2.21. The highest BCUT2D eigenvalue weighted by atomic mass is 16.5. The second-order valence-corrected chi connectivity index (χ2v) is 5.98. The van der Waals surface area contributed by atoms with E-state index in [0.717, 1.165) is 16.7 Å². The van der Waals surface area contributed by atoms with Crippen LogP contribution in [0.5, 0.6) is 5.75 Å². The molecule has 24 heavy (non-hydrogen) atoms. The molecule has 0 saturated heterocycles. The number of hydrogen-bond acceptors (Lipinski definition) is 3. The first-order valence-electron chi connectivity index (χ1n) is 7.93. The second kappa shape index (κ2) is 6.74. The quantitative estimate of drug-likeness (QED) is 0.909. The summed E-state index contributed by atoms with van der Waals surface area (Å²) in [5, 5.41) is 5.78. The summed E-state index contributed by atoms with van der Waals surface area (Å²) in [7, 11) is 0. The molecule has 2 aromatic carbocycles. The third-order valence-electron chi connectivity index (χ3n) is 4.13. The average Bonchev–Trinajstić information content (AvgIpc) is 2.56. The van der Waals surface area contributed by atoms with E-state index in [0.29, 0.717) is 17.9 Å². The standard InChI is InChI=1S/C19H20N2O3/c1-12-5-3-4-6-14(12)10-18(22)20-13(2)15-7-8-17-16(9-15)21-19(23)11-24-17/h3-9,13H,10-11H2,1-2H3,(H,20,22)(H,21,23). The fourth-order valence-corrected chi connectivity index (χ4v) is 2.73. The van der Waals surface area contributed by atoms with Crippen LogP contribution in [0.3, 0.4) is 0 Å². The SMILES string of the molecule is Cc1ccccc1CC(=O)NC(C)c1ccc2c(c1)NC(=O)CO2. The Balaban J connectivity index is 1.67. The molecule has 1 unspecified atom stereocenters. The van der Waals surface area contributed by atoms with Gasteiger partial charge in [0.2, 0.25) is 5.91 Å². The maximum absolute atomic E-state index is 12.3. The molecule has 3 rings (SSSR count). The van der Waals surface area contributed by atoms with Crippen LogP contribution in [-0.4, -0.2) is 18.4 Å². The Hall–Kier alpha value is -2.82. The smallest absolute Gasteiger partial charge is 0.262 e. The molecule has 0 saturated carbocycles. The van der Waals surface area contributed by atoms with Gasteiger partial charge in [0.05, 0.1) is 18.2 Å². The molecule has 5 heteroatoms. The van der Waals surface area contributed by atoms with Gasteiger partial charge in [-0.25, -0.2) is 0 Å². The van der Waals surface area contributed by atoms with Crippen molar-refractivity contribution in [3.63, 3.8) is 0 Å². The van der Waals surface area contributed by atoms with Gasteiger partial charge in [-0.1, -0.05) is 30.3 Å². The van der Waals surface area contributed by atoms with Crippen LogP contribution in [0.1, 0.15) is 29.7 Å². The van der Waals surface area contributed by atoms with Gasteiger partial charge in [0, 0.05) is 0 Å². The third kappa shape index (κ3) is 3.56. The number of benzene rings is 2. The Morgan fingerprint density at radius 2 is 2.08 bits per heavy atom. The highest BCUT2D eigenvalue weighted by molar-refractivity contribution is 5.95. The normalized spacial score (nSPS) is 14.2. The maximum Gasteiger partial charge on any atom is 0.262 e. The van der Waals surface area contributed by atoms with E-state index in [-0.39, 0.29) is 24.5 Å². The van der Waals surface area contributed by atoms with Crippen LogP contribution in [0.2, 0.25) is 0 Å². The zero-order valence-corrected chi connectivity index (χ0v) is 13.8. The number of fused-ring (bicyclic) bond motifs is 1. The van der Waals surface area contributed by atoms with Crippen molar-refractivity contribution in [2.24, 2.45) is 0 Å². The van der Waals surface area contributed by atoms with E-state index in [9.17, 15) is 9.59 Å². The van der Waals surface area contributed by atoms with Crippen molar-refractivity contribution in [2.45, 2.75) is 26.3 Å². The lowest BCUT2D eigenvalue weighted by molar-refractivity contribution is -0.121. The molecule has 124 valence electrons. The molecule has 1 aliphatic rings. The van der Waals surface area contributed by atoms with Crippen molar-refractivity contribution in [3.8, 4) is 5.75 Å². The van der Waals surface area contributed by atoms with Gasteiger partial charge in [0.25, 0.3) is 5.91 Å². The molecular formula is C19H20N2O3. The van der Waals surface area contributed by atoms with Gasteiger partial charge in [-0.2, -0.15) is 0 Å². The minimum atomic E-state index is -0.170. The van der Waals surface area contributed by atoms with Gasteiger partial charge < -0.3 is 15.4 Å². The number of carbonyl (C=O) groups excluding carboxylic acids is 2. The van der Waals surface area contributed by atoms with E-state index >= 15 is 0 Å². The van der Waals surface area contributed by atoms with Crippen molar-refractivity contribution in [2.75, 3.05) is 11.9 Å². The highest BCUT2D eigenvalue weighted by Crippen LogP contribution is 2.30. The number of ether oxygens (including phenoxy) is 1. The zero-order chi connectivity index (χ0) is 17.1. The van der Waals surface area contributed by atoms with Crippen LogP contribution in [-0.2, 0) is 16.0 Å². The summed E-state index contributed by atoms with van der Waals surface area (Å²) < 4.78 is 5.34. The third-order valence-corrected chi connectivity index (χ3v) is 4.13. The van der Waals surface area contributed by atoms with Crippen molar-refractivity contribution in [1.82, 2.24) is 5.32 Å². The number of rotatable bonds is 4. The molecule has 0 spiro atoms. The number of nitrogens with one attached hydrogen (secondary N) is 2. The van der Waals surface area contributed by atoms with Crippen LogP contribution >= 0.6 is 0 Å². The highest BCUT2D eigenvalue weighted by Gasteiger charge is 2.18. The maximum atomic E-state index is 12.3. The first-order chi connectivity index (χ1) is 11.5. The van der Waals surface area contributed by atoms with Gasteiger partial charge in [-0.05, 0) is 42.7 Å². The lowest BCUT2D eigenvalue weighted by atomic mass is 10.0. The van der Waals surface area contributed by atoms with Gasteiger partial charge in [0.15, 0.2) is 6.61 Å². The number of anilines is 1. The number of aryl methyl sites for hydroxylation is 1. The first kappa shape index (κ1) is 16.1. The van der Waals surface area contributed by atoms with Gasteiger partial charge >= 0.3 is 0 Å². The molecule has 1 atom stereocenters.